The number of fused-ring (bicyclic) bond motifs is 1. The van der Waals surface area contributed by atoms with Crippen LogP contribution in [0.25, 0.3) is 10.2 Å². The van der Waals surface area contributed by atoms with Crippen molar-refractivity contribution < 1.29 is 0 Å². The third-order valence-electron chi connectivity index (χ3n) is 2.63. The molecule has 0 bridgehead atoms. The van der Waals surface area contributed by atoms with Crippen molar-refractivity contribution in [1.82, 2.24) is 4.98 Å². The summed E-state index contributed by atoms with van der Waals surface area (Å²) in [7, 11) is 0. The van der Waals surface area contributed by atoms with E-state index in [0.29, 0.717) is 6.54 Å². The summed E-state index contributed by atoms with van der Waals surface area (Å²) in [6, 6.07) is 6.43. The van der Waals surface area contributed by atoms with E-state index in [1.807, 2.05) is 0 Å². The molecule has 0 saturated carbocycles. The summed E-state index contributed by atoms with van der Waals surface area (Å²) in [6.45, 7) is 7.35. The van der Waals surface area contributed by atoms with Crippen LogP contribution in [-0.4, -0.2) is 11.5 Å². The molecule has 2 aromatic rings. The molecule has 1 aromatic carbocycles. The molecule has 3 heteroatoms. The molecule has 0 saturated heterocycles. The maximum Gasteiger partial charge on any atom is 0.0951 e. The predicted octanol–water partition coefficient (Wildman–Crippen LogP) is 3.10. The van der Waals surface area contributed by atoms with Crippen LogP contribution < -0.4 is 5.73 Å². The summed E-state index contributed by atoms with van der Waals surface area (Å²) < 4.78 is 1.27. The van der Waals surface area contributed by atoms with E-state index in [0.717, 1.165) is 16.9 Å². The Balaban J connectivity index is 2.59. The first-order valence-electron chi connectivity index (χ1n) is 5.61. The molecular formula is C13H18N2S. The number of hydrogen-bond acceptors (Lipinski definition) is 3. The number of nitrogens with zero attached hydrogens (tertiary/aromatic N) is 1. The Bertz CT molecular complexity index is 494. The molecule has 0 fully saturated rings. The summed E-state index contributed by atoms with van der Waals surface area (Å²) in [4.78, 5) is 4.71. The molecule has 2 rings (SSSR count). The van der Waals surface area contributed by atoms with E-state index in [9.17, 15) is 0 Å². The van der Waals surface area contributed by atoms with Crippen molar-refractivity contribution in [2.75, 3.05) is 6.54 Å². The van der Waals surface area contributed by atoms with Gasteiger partial charge in [-0.15, -0.1) is 11.3 Å². The van der Waals surface area contributed by atoms with E-state index < -0.39 is 0 Å². The molecular weight excluding hydrogens is 216 g/mol. The lowest BCUT2D eigenvalue weighted by molar-refractivity contribution is 0.595. The maximum atomic E-state index is 5.57. The van der Waals surface area contributed by atoms with Gasteiger partial charge in [0.25, 0.3) is 0 Å². The normalized spacial score (nSPS) is 12.2. The highest BCUT2D eigenvalue weighted by atomic mass is 32.1. The van der Waals surface area contributed by atoms with E-state index in [4.69, 9.17) is 10.7 Å². The van der Waals surface area contributed by atoms with Crippen LogP contribution in [0.4, 0.5) is 0 Å². The second-order valence-electron chi connectivity index (χ2n) is 5.05. The largest absolute Gasteiger partial charge is 0.330 e. The maximum absolute atomic E-state index is 5.57. The minimum Gasteiger partial charge on any atom is -0.330 e. The molecule has 86 valence electrons. The lowest BCUT2D eigenvalue weighted by Gasteiger charge is -2.19. The van der Waals surface area contributed by atoms with Gasteiger partial charge in [0.05, 0.1) is 15.2 Å². The Morgan fingerprint density at radius 2 is 2.06 bits per heavy atom. The van der Waals surface area contributed by atoms with Crippen molar-refractivity contribution in [1.29, 1.82) is 0 Å². The highest BCUT2D eigenvalue weighted by molar-refractivity contribution is 7.18. The van der Waals surface area contributed by atoms with Gasteiger partial charge in [-0.05, 0) is 23.6 Å². The van der Waals surface area contributed by atoms with Crippen LogP contribution in [-0.2, 0) is 11.8 Å². The second-order valence-corrected chi connectivity index (χ2v) is 6.16. The van der Waals surface area contributed by atoms with Gasteiger partial charge in [0.2, 0.25) is 0 Å². The molecule has 0 radical (unpaired) electrons. The summed E-state index contributed by atoms with van der Waals surface area (Å²) >= 11 is 1.76. The number of thiazole rings is 1. The number of nitrogens with two attached hydrogens (primary N) is 1. The molecule has 1 heterocycles. The number of benzene rings is 1. The van der Waals surface area contributed by atoms with Crippen LogP contribution in [0.2, 0.25) is 0 Å². The standard InChI is InChI=1S/C13H18N2S/c1-13(2,3)9-5-4-6-10-12(9)15-11(16-10)7-8-14/h4-6H,7-8,14H2,1-3H3. The zero-order valence-electron chi connectivity index (χ0n) is 10.1. The zero-order valence-corrected chi connectivity index (χ0v) is 10.9. The van der Waals surface area contributed by atoms with Crippen LogP contribution in [0.5, 0.6) is 0 Å². The SMILES string of the molecule is CC(C)(C)c1cccc2sc(CCN)nc12. The van der Waals surface area contributed by atoms with E-state index in [1.165, 1.54) is 10.3 Å². The van der Waals surface area contributed by atoms with Crippen molar-refractivity contribution in [2.24, 2.45) is 5.73 Å². The number of rotatable bonds is 2. The van der Waals surface area contributed by atoms with Gasteiger partial charge >= 0.3 is 0 Å². The first-order chi connectivity index (χ1) is 7.52. The first kappa shape index (κ1) is 11.6. The van der Waals surface area contributed by atoms with Crippen LogP contribution in [0.15, 0.2) is 18.2 Å². The van der Waals surface area contributed by atoms with Gasteiger partial charge in [-0.3, -0.25) is 0 Å². The van der Waals surface area contributed by atoms with Crippen molar-refractivity contribution >= 4 is 21.6 Å². The summed E-state index contributed by atoms with van der Waals surface area (Å²) in [5.74, 6) is 0. The molecule has 0 atom stereocenters. The monoisotopic (exact) mass is 234 g/mol. The molecule has 0 aliphatic rings. The minimum absolute atomic E-state index is 0.146. The van der Waals surface area contributed by atoms with Gasteiger partial charge in [-0.2, -0.15) is 0 Å². The van der Waals surface area contributed by atoms with Gasteiger partial charge in [0.1, 0.15) is 0 Å². The highest BCUT2D eigenvalue weighted by Gasteiger charge is 2.18. The highest BCUT2D eigenvalue weighted by Crippen LogP contribution is 2.32. The Hall–Kier alpha value is -0.930. The number of aromatic nitrogens is 1. The van der Waals surface area contributed by atoms with Crippen LogP contribution in [0.3, 0.4) is 0 Å². The second kappa shape index (κ2) is 4.15. The Labute approximate surface area is 101 Å². The lowest BCUT2D eigenvalue weighted by Crippen LogP contribution is -2.11. The van der Waals surface area contributed by atoms with Gasteiger partial charge in [-0.25, -0.2) is 4.98 Å². The van der Waals surface area contributed by atoms with Crippen molar-refractivity contribution in [3.05, 3.63) is 28.8 Å². The fourth-order valence-electron chi connectivity index (χ4n) is 1.83. The average molecular weight is 234 g/mol. The average Bonchev–Trinajstić information content (AvgIpc) is 2.58. The molecule has 0 aliphatic heterocycles. The fraction of sp³-hybridized carbons (Fsp3) is 0.462. The minimum atomic E-state index is 0.146. The van der Waals surface area contributed by atoms with E-state index in [-0.39, 0.29) is 5.41 Å². The van der Waals surface area contributed by atoms with Crippen LogP contribution in [0, 0.1) is 0 Å². The molecule has 16 heavy (non-hydrogen) atoms. The molecule has 0 unspecified atom stereocenters. The first-order valence-corrected chi connectivity index (χ1v) is 6.43. The number of hydrogen-bond donors (Lipinski definition) is 1. The lowest BCUT2D eigenvalue weighted by atomic mass is 9.86. The van der Waals surface area contributed by atoms with E-state index >= 15 is 0 Å². The molecule has 0 aliphatic carbocycles. The Morgan fingerprint density at radius 3 is 2.69 bits per heavy atom. The molecule has 1 aromatic heterocycles. The molecule has 0 spiro atoms. The quantitative estimate of drug-likeness (QED) is 0.867. The summed E-state index contributed by atoms with van der Waals surface area (Å²) in [6.07, 6.45) is 0.878. The molecule has 2 N–H and O–H groups in total. The topological polar surface area (TPSA) is 38.9 Å². The fourth-order valence-corrected chi connectivity index (χ4v) is 2.84. The number of para-hydroxylation sites is 1. The third kappa shape index (κ3) is 2.11. The van der Waals surface area contributed by atoms with Gasteiger partial charge in [-0.1, -0.05) is 32.9 Å². The molecule has 0 amide bonds. The summed E-state index contributed by atoms with van der Waals surface area (Å²) in [5, 5.41) is 1.15. The molecule has 2 nitrogen and oxygen atoms in total. The Kier molecular flexibility index (Phi) is 3.00. The van der Waals surface area contributed by atoms with Crippen molar-refractivity contribution in [3.63, 3.8) is 0 Å². The summed E-state index contributed by atoms with van der Waals surface area (Å²) in [5.41, 5.74) is 8.20. The van der Waals surface area contributed by atoms with E-state index in [1.54, 1.807) is 11.3 Å². The van der Waals surface area contributed by atoms with Crippen LogP contribution >= 0.6 is 11.3 Å². The van der Waals surface area contributed by atoms with E-state index in [2.05, 4.69) is 39.0 Å². The zero-order chi connectivity index (χ0) is 11.8. The smallest absolute Gasteiger partial charge is 0.0951 e. The van der Waals surface area contributed by atoms with Crippen molar-refractivity contribution in [2.45, 2.75) is 32.6 Å². The van der Waals surface area contributed by atoms with Gasteiger partial charge < -0.3 is 5.73 Å². The van der Waals surface area contributed by atoms with Gasteiger partial charge in [0, 0.05) is 6.42 Å². The third-order valence-corrected chi connectivity index (χ3v) is 3.71. The predicted molar refractivity (Wildman–Crippen MR) is 71.1 cm³/mol. The Morgan fingerprint density at radius 1 is 1.31 bits per heavy atom. The van der Waals surface area contributed by atoms with Crippen molar-refractivity contribution in [3.8, 4) is 0 Å². The van der Waals surface area contributed by atoms with Gasteiger partial charge in [0.15, 0.2) is 0 Å². The van der Waals surface area contributed by atoms with Crippen LogP contribution in [0.1, 0.15) is 31.3 Å².